The molecule has 0 radical (unpaired) electrons. The maximum absolute atomic E-state index is 13.0. The fourth-order valence-corrected chi connectivity index (χ4v) is 2.55. The smallest absolute Gasteiger partial charge is 0.263 e. The summed E-state index contributed by atoms with van der Waals surface area (Å²) in [4.78, 5) is 13.1. The first kappa shape index (κ1) is 19.1. The van der Waals surface area contributed by atoms with Gasteiger partial charge < -0.3 is 4.42 Å². The van der Waals surface area contributed by atoms with Crippen LogP contribution in [0, 0.1) is 11.6 Å². The number of hydrogen-bond acceptors (Lipinski definition) is 6. The third-order valence-electron chi connectivity index (χ3n) is 3.98. The average molecular weight is 408 g/mol. The molecule has 0 saturated heterocycles. The molecule has 4 rings (SSSR count). The molecule has 2 heterocycles. The van der Waals surface area contributed by atoms with Gasteiger partial charge in [-0.1, -0.05) is 0 Å². The van der Waals surface area contributed by atoms with Gasteiger partial charge in [-0.3, -0.25) is 4.79 Å². The predicted octanol–water partition coefficient (Wildman–Crippen LogP) is 3.03. The number of carbonyl (C=O) groups excluding carboxylic acids is 1. The first-order valence-electron chi connectivity index (χ1n) is 8.78. The van der Waals surface area contributed by atoms with Gasteiger partial charge in [-0.2, -0.15) is 9.90 Å². The van der Waals surface area contributed by atoms with Crippen LogP contribution in [0.15, 0.2) is 70.2 Å². The monoisotopic (exact) mass is 408 g/mol. The third kappa shape index (κ3) is 4.61. The number of nitrogens with zero attached hydrogens (tertiary/aromatic N) is 5. The van der Waals surface area contributed by atoms with Crippen LogP contribution in [0.4, 0.5) is 8.78 Å². The van der Waals surface area contributed by atoms with E-state index in [1.54, 1.807) is 24.3 Å². The molecule has 8 nitrogen and oxygen atoms in total. The van der Waals surface area contributed by atoms with Crippen LogP contribution in [0.3, 0.4) is 0 Å². The van der Waals surface area contributed by atoms with Crippen LogP contribution in [-0.4, -0.2) is 32.3 Å². The Bertz CT molecular complexity index is 1180. The molecule has 10 heteroatoms. The number of halogens is 2. The summed E-state index contributed by atoms with van der Waals surface area (Å²) in [5, 5.41) is 15.5. The van der Waals surface area contributed by atoms with Gasteiger partial charge in [0, 0.05) is 11.1 Å². The quantitative estimate of drug-likeness (QED) is 0.391. The van der Waals surface area contributed by atoms with Gasteiger partial charge in [-0.25, -0.2) is 14.2 Å². The van der Waals surface area contributed by atoms with Crippen LogP contribution in [0.25, 0.3) is 22.7 Å². The molecule has 0 fully saturated rings. The van der Waals surface area contributed by atoms with Gasteiger partial charge >= 0.3 is 0 Å². The van der Waals surface area contributed by atoms with E-state index in [1.165, 1.54) is 42.6 Å². The molecule has 150 valence electrons. The number of nitrogens with one attached hydrogen (secondary N) is 1. The zero-order valence-corrected chi connectivity index (χ0v) is 15.4. The Kier molecular flexibility index (Phi) is 5.37. The second kappa shape index (κ2) is 8.43. The van der Waals surface area contributed by atoms with Gasteiger partial charge in [0.25, 0.3) is 5.91 Å². The normalized spacial score (nSPS) is 11.1. The Labute approximate surface area is 168 Å². The van der Waals surface area contributed by atoms with E-state index >= 15 is 0 Å². The van der Waals surface area contributed by atoms with Gasteiger partial charge in [0.2, 0.25) is 5.82 Å². The van der Waals surface area contributed by atoms with Crippen LogP contribution < -0.4 is 5.43 Å². The fraction of sp³-hybridized carbons (Fsp3) is 0.0500. The largest absolute Gasteiger partial charge is 0.455 e. The van der Waals surface area contributed by atoms with Crippen molar-refractivity contribution in [1.82, 2.24) is 25.6 Å². The molecule has 0 saturated carbocycles. The van der Waals surface area contributed by atoms with Crippen LogP contribution in [0.5, 0.6) is 0 Å². The van der Waals surface area contributed by atoms with E-state index in [4.69, 9.17) is 4.42 Å². The molecular weight excluding hydrogens is 394 g/mol. The number of amides is 1. The van der Waals surface area contributed by atoms with Crippen molar-refractivity contribution in [3.63, 3.8) is 0 Å². The molecule has 0 unspecified atom stereocenters. The second-order valence-electron chi connectivity index (χ2n) is 6.15. The van der Waals surface area contributed by atoms with Crippen LogP contribution in [-0.2, 0) is 11.3 Å². The summed E-state index contributed by atoms with van der Waals surface area (Å²) >= 11 is 0. The van der Waals surface area contributed by atoms with Crippen molar-refractivity contribution in [3.8, 4) is 22.7 Å². The van der Waals surface area contributed by atoms with E-state index in [0.29, 0.717) is 22.6 Å². The van der Waals surface area contributed by atoms with E-state index in [9.17, 15) is 13.6 Å². The summed E-state index contributed by atoms with van der Waals surface area (Å²) < 4.78 is 31.5. The zero-order chi connectivity index (χ0) is 20.9. The van der Waals surface area contributed by atoms with Crippen molar-refractivity contribution in [2.45, 2.75) is 6.54 Å². The Morgan fingerprint density at radius 3 is 2.37 bits per heavy atom. The van der Waals surface area contributed by atoms with Gasteiger partial charge in [0.05, 0.1) is 6.21 Å². The van der Waals surface area contributed by atoms with Gasteiger partial charge in [0.1, 0.15) is 29.7 Å². The molecule has 0 bridgehead atoms. The number of tetrazole rings is 1. The minimum atomic E-state index is -0.473. The van der Waals surface area contributed by atoms with E-state index in [1.807, 2.05) is 0 Å². The summed E-state index contributed by atoms with van der Waals surface area (Å²) in [7, 11) is 0. The number of aromatic nitrogens is 4. The number of furan rings is 1. The predicted molar refractivity (Wildman–Crippen MR) is 103 cm³/mol. The summed E-state index contributed by atoms with van der Waals surface area (Å²) in [6.07, 6.45) is 1.34. The van der Waals surface area contributed by atoms with Crippen LogP contribution in [0.1, 0.15) is 5.76 Å². The molecule has 2 aromatic carbocycles. The Balaban J connectivity index is 1.32. The highest BCUT2D eigenvalue weighted by molar-refractivity contribution is 5.80. The maximum Gasteiger partial charge on any atom is 0.263 e. The number of rotatable bonds is 6. The number of hydrazone groups is 1. The minimum Gasteiger partial charge on any atom is -0.455 e. The highest BCUT2D eigenvalue weighted by Crippen LogP contribution is 2.21. The van der Waals surface area contributed by atoms with Crippen molar-refractivity contribution in [1.29, 1.82) is 0 Å². The van der Waals surface area contributed by atoms with Crippen molar-refractivity contribution in [2.24, 2.45) is 5.10 Å². The van der Waals surface area contributed by atoms with Crippen LogP contribution in [0.2, 0.25) is 0 Å². The van der Waals surface area contributed by atoms with Crippen molar-refractivity contribution in [2.75, 3.05) is 0 Å². The minimum absolute atomic E-state index is 0.204. The molecular formula is C20H14F2N6O2. The van der Waals surface area contributed by atoms with Crippen molar-refractivity contribution < 1.29 is 18.0 Å². The number of hydrogen-bond donors (Lipinski definition) is 1. The Morgan fingerprint density at radius 2 is 1.67 bits per heavy atom. The van der Waals surface area contributed by atoms with E-state index in [-0.39, 0.29) is 24.0 Å². The Morgan fingerprint density at radius 1 is 1.00 bits per heavy atom. The first-order chi connectivity index (χ1) is 14.6. The molecule has 0 spiro atoms. The molecule has 1 N–H and O–H groups in total. The van der Waals surface area contributed by atoms with Gasteiger partial charge in [-0.15, -0.1) is 10.2 Å². The van der Waals surface area contributed by atoms with Crippen molar-refractivity contribution >= 4 is 12.1 Å². The van der Waals surface area contributed by atoms with E-state index < -0.39 is 5.91 Å². The topological polar surface area (TPSA) is 98.2 Å². The van der Waals surface area contributed by atoms with E-state index in [2.05, 4.69) is 25.9 Å². The fourth-order valence-electron chi connectivity index (χ4n) is 2.55. The third-order valence-corrected chi connectivity index (χ3v) is 3.98. The number of carbonyl (C=O) groups is 1. The lowest BCUT2D eigenvalue weighted by Gasteiger charge is -1.98. The summed E-state index contributed by atoms with van der Waals surface area (Å²) in [5.41, 5.74) is 3.63. The van der Waals surface area contributed by atoms with Crippen molar-refractivity contribution in [3.05, 3.63) is 78.1 Å². The van der Waals surface area contributed by atoms with Gasteiger partial charge in [-0.05, 0) is 65.9 Å². The molecule has 4 aromatic rings. The van der Waals surface area contributed by atoms with Gasteiger partial charge in [0.15, 0.2) is 0 Å². The lowest BCUT2D eigenvalue weighted by Crippen LogP contribution is -2.24. The summed E-state index contributed by atoms with van der Waals surface area (Å²) in [5.74, 6) is 0.0519. The molecule has 0 aliphatic heterocycles. The average Bonchev–Trinajstić information content (AvgIpc) is 3.39. The SMILES string of the molecule is O=C(Cn1nnc(-c2ccc(F)cc2)n1)N/N=C\c1ccc(-c2ccc(F)cc2)o1. The summed E-state index contributed by atoms with van der Waals surface area (Å²) in [6, 6.07) is 14.9. The van der Waals surface area contributed by atoms with Crippen LogP contribution >= 0.6 is 0 Å². The Hall–Kier alpha value is -4.21. The molecule has 30 heavy (non-hydrogen) atoms. The van der Waals surface area contributed by atoms with E-state index in [0.717, 1.165) is 4.80 Å². The molecule has 1 amide bonds. The number of benzene rings is 2. The summed E-state index contributed by atoms with van der Waals surface area (Å²) in [6.45, 7) is -0.204. The molecule has 0 aliphatic rings. The first-order valence-corrected chi connectivity index (χ1v) is 8.78. The molecule has 0 atom stereocenters. The molecule has 2 aromatic heterocycles. The highest BCUT2D eigenvalue weighted by Gasteiger charge is 2.09. The standard InChI is InChI=1S/C20H14F2N6O2/c21-15-5-1-13(2-6-15)18-10-9-17(30-18)11-23-24-19(29)12-28-26-20(25-27-28)14-3-7-16(22)8-4-14/h1-11H,12H2,(H,24,29)/b23-11-. The second-order valence-corrected chi connectivity index (χ2v) is 6.15. The maximum atomic E-state index is 13.0. The lowest BCUT2D eigenvalue weighted by molar-refractivity contribution is -0.122. The molecule has 0 aliphatic carbocycles. The highest BCUT2D eigenvalue weighted by atomic mass is 19.1. The lowest BCUT2D eigenvalue weighted by atomic mass is 10.2. The zero-order valence-electron chi connectivity index (χ0n) is 15.4.